The fraction of sp³-hybridized carbons (Fsp3) is 0.381. The van der Waals surface area contributed by atoms with Gasteiger partial charge in [0.05, 0.1) is 19.4 Å². The van der Waals surface area contributed by atoms with Gasteiger partial charge in [0, 0.05) is 24.7 Å². The minimum Gasteiger partial charge on any atom is -0.495 e. The number of nitrogens with one attached hydrogen (secondary N) is 1. The van der Waals surface area contributed by atoms with Gasteiger partial charge in [-0.3, -0.25) is 4.79 Å². The number of piperidine rings is 1. The molecule has 2 aromatic rings. The van der Waals surface area contributed by atoms with Crippen LogP contribution in [0, 0.1) is 0 Å². The lowest BCUT2D eigenvalue weighted by Crippen LogP contribution is -2.47. The molecule has 1 saturated heterocycles. The van der Waals surface area contributed by atoms with Crippen LogP contribution in [-0.4, -0.2) is 38.8 Å². The van der Waals surface area contributed by atoms with Gasteiger partial charge in [-0.05, 0) is 50.1 Å². The smallest absolute Gasteiger partial charge is 0.251 e. The second kappa shape index (κ2) is 8.61. The van der Waals surface area contributed by atoms with E-state index in [4.69, 9.17) is 9.47 Å². The van der Waals surface area contributed by atoms with Gasteiger partial charge in [0.25, 0.3) is 5.91 Å². The van der Waals surface area contributed by atoms with E-state index in [1.165, 1.54) is 0 Å². The SMILES string of the molecule is CCOc1cccc(C(=O)NC2CCCN(c3ccccc3OC)C2)c1. The molecule has 26 heavy (non-hydrogen) atoms. The Bertz CT molecular complexity index is 748. The van der Waals surface area contributed by atoms with E-state index >= 15 is 0 Å². The molecular weight excluding hydrogens is 328 g/mol. The Hall–Kier alpha value is -2.69. The van der Waals surface area contributed by atoms with Crippen LogP contribution in [0.25, 0.3) is 0 Å². The molecule has 1 fully saturated rings. The first-order chi connectivity index (χ1) is 12.7. The van der Waals surface area contributed by atoms with E-state index < -0.39 is 0 Å². The van der Waals surface area contributed by atoms with Crippen molar-refractivity contribution in [2.75, 3.05) is 31.7 Å². The van der Waals surface area contributed by atoms with Crippen LogP contribution in [0.15, 0.2) is 48.5 Å². The highest BCUT2D eigenvalue weighted by Gasteiger charge is 2.23. The summed E-state index contributed by atoms with van der Waals surface area (Å²) in [6, 6.07) is 15.4. The lowest BCUT2D eigenvalue weighted by molar-refractivity contribution is 0.0932. The predicted octanol–water partition coefficient (Wildman–Crippen LogP) is 3.49. The Kier molecular flexibility index (Phi) is 6.00. The summed E-state index contributed by atoms with van der Waals surface area (Å²) in [7, 11) is 1.69. The summed E-state index contributed by atoms with van der Waals surface area (Å²) in [6.45, 7) is 4.26. The second-order valence-electron chi connectivity index (χ2n) is 6.39. The minimum atomic E-state index is -0.0570. The first-order valence-corrected chi connectivity index (χ1v) is 9.13. The molecule has 5 nitrogen and oxygen atoms in total. The normalized spacial score (nSPS) is 16.8. The van der Waals surface area contributed by atoms with Crippen LogP contribution in [0.1, 0.15) is 30.1 Å². The maximum atomic E-state index is 12.6. The number of benzene rings is 2. The van der Waals surface area contributed by atoms with Crippen molar-refractivity contribution in [2.45, 2.75) is 25.8 Å². The standard InChI is InChI=1S/C21H26N2O3/c1-3-26-18-10-6-8-16(14-18)21(24)22-17-9-7-13-23(15-17)19-11-4-5-12-20(19)25-2/h4-6,8,10-12,14,17H,3,7,9,13,15H2,1-2H3,(H,22,24). The first kappa shape index (κ1) is 18.1. The van der Waals surface area contributed by atoms with Crippen LogP contribution in [0.2, 0.25) is 0 Å². The Morgan fingerprint density at radius 2 is 2.08 bits per heavy atom. The van der Waals surface area contributed by atoms with Crippen molar-refractivity contribution in [2.24, 2.45) is 0 Å². The highest BCUT2D eigenvalue weighted by molar-refractivity contribution is 5.94. The van der Waals surface area contributed by atoms with E-state index in [1.54, 1.807) is 13.2 Å². The average Bonchev–Trinajstić information content (AvgIpc) is 2.68. The maximum Gasteiger partial charge on any atom is 0.251 e. The number of para-hydroxylation sites is 2. The molecular formula is C21H26N2O3. The van der Waals surface area contributed by atoms with Crippen molar-refractivity contribution in [3.8, 4) is 11.5 Å². The van der Waals surface area contributed by atoms with Crippen LogP contribution in [0.4, 0.5) is 5.69 Å². The number of nitrogens with zero attached hydrogens (tertiary/aromatic N) is 1. The summed E-state index contributed by atoms with van der Waals surface area (Å²) in [6.07, 6.45) is 2.00. The highest BCUT2D eigenvalue weighted by Crippen LogP contribution is 2.30. The van der Waals surface area contributed by atoms with Crippen LogP contribution in [0.5, 0.6) is 11.5 Å². The number of hydrogen-bond acceptors (Lipinski definition) is 4. The van der Waals surface area contributed by atoms with Crippen molar-refractivity contribution in [3.05, 3.63) is 54.1 Å². The van der Waals surface area contributed by atoms with Crippen LogP contribution in [0.3, 0.4) is 0 Å². The van der Waals surface area contributed by atoms with Crippen LogP contribution in [-0.2, 0) is 0 Å². The summed E-state index contributed by atoms with van der Waals surface area (Å²) in [5.74, 6) is 1.53. The number of carbonyl (C=O) groups is 1. The molecule has 1 amide bonds. The molecule has 0 bridgehead atoms. The monoisotopic (exact) mass is 354 g/mol. The Labute approximate surface area is 154 Å². The van der Waals surface area contributed by atoms with Gasteiger partial charge in [-0.25, -0.2) is 0 Å². The molecule has 1 aliphatic rings. The van der Waals surface area contributed by atoms with E-state index in [1.807, 2.05) is 43.3 Å². The molecule has 138 valence electrons. The molecule has 0 aromatic heterocycles. The second-order valence-corrected chi connectivity index (χ2v) is 6.39. The van der Waals surface area contributed by atoms with Gasteiger partial charge in [-0.2, -0.15) is 0 Å². The quantitative estimate of drug-likeness (QED) is 0.863. The molecule has 5 heteroatoms. The number of amides is 1. The lowest BCUT2D eigenvalue weighted by atomic mass is 10.0. The van der Waals surface area contributed by atoms with Gasteiger partial charge in [0.15, 0.2) is 0 Å². The van der Waals surface area contributed by atoms with Crippen LogP contribution < -0.4 is 19.7 Å². The van der Waals surface area contributed by atoms with Crippen LogP contribution >= 0.6 is 0 Å². The summed E-state index contributed by atoms with van der Waals surface area (Å²) in [4.78, 5) is 14.9. The van der Waals surface area contributed by atoms with E-state index in [0.29, 0.717) is 12.2 Å². The average molecular weight is 354 g/mol. The fourth-order valence-electron chi connectivity index (χ4n) is 3.37. The van der Waals surface area contributed by atoms with Crippen molar-refractivity contribution in [3.63, 3.8) is 0 Å². The maximum absolute atomic E-state index is 12.6. The molecule has 0 radical (unpaired) electrons. The van der Waals surface area contributed by atoms with Crippen molar-refractivity contribution in [1.29, 1.82) is 0 Å². The zero-order chi connectivity index (χ0) is 18.4. The van der Waals surface area contributed by atoms with E-state index in [0.717, 1.165) is 43.1 Å². The van der Waals surface area contributed by atoms with Gasteiger partial charge >= 0.3 is 0 Å². The predicted molar refractivity (Wildman–Crippen MR) is 103 cm³/mol. The summed E-state index contributed by atoms with van der Waals surface area (Å²) in [5.41, 5.74) is 1.71. The molecule has 0 aliphatic carbocycles. The molecule has 2 aromatic carbocycles. The van der Waals surface area contributed by atoms with Gasteiger partial charge in [-0.1, -0.05) is 18.2 Å². The lowest BCUT2D eigenvalue weighted by Gasteiger charge is -2.35. The first-order valence-electron chi connectivity index (χ1n) is 9.13. The van der Waals surface area contributed by atoms with E-state index in [9.17, 15) is 4.79 Å². The number of hydrogen-bond donors (Lipinski definition) is 1. The molecule has 1 heterocycles. The number of methoxy groups -OCH3 is 1. The molecule has 3 rings (SSSR count). The third kappa shape index (κ3) is 4.28. The molecule has 1 N–H and O–H groups in total. The number of ether oxygens (including phenoxy) is 2. The molecule has 1 atom stereocenters. The van der Waals surface area contributed by atoms with Crippen molar-refractivity contribution >= 4 is 11.6 Å². The zero-order valence-corrected chi connectivity index (χ0v) is 15.4. The molecule has 0 spiro atoms. The Balaban J connectivity index is 1.66. The Morgan fingerprint density at radius 3 is 2.88 bits per heavy atom. The van der Waals surface area contributed by atoms with Gasteiger partial charge < -0.3 is 19.7 Å². The van der Waals surface area contributed by atoms with E-state index in [2.05, 4.69) is 16.3 Å². The van der Waals surface area contributed by atoms with E-state index in [-0.39, 0.29) is 11.9 Å². The molecule has 1 aliphatic heterocycles. The third-order valence-corrected chi connectivity index (χ3v) is 4.59. The van der Waals surface area contributed by atoms with Gasteiger partial charge in [0.1, 0.15) is 11.5 Å². The van der Waals surface area contributed by atoms with Crippen molar-refractivity contribution < 1.29 is 14.3 Å². The summed E-state index contributed by atoms with van der Waals surface area (Å²) in [5, 5.41) is 3.16. The Morgan fingerprint density at radius 1 is 1.23 bits per heavy atom. The summed E-state index contributed by atoms with van der Waals surface area (Å²) >= 11 is 0. The molecule has 0 saturated carbocycles. The largest absolute Gasteiger partial charge is 0.495 e. The number of carbonyl (C=O) groups excluding carboxylic acids is 1. The van der Waals surface area contributed by atoms with Crippen molar-refractivity contribution in [1.82, 2.24) is 5.32 Å². The van der Waals surface area contributed by atoms with Gasteiger partial charge in [0.2, 0.25) is 0 Å². The third-order valence-electron chi connectivity index (χ3n) is 4.59. The van der Waals surface area contributed by atoms with Gasteiger partial charge in [-0.15, -0.1) is 0 Å². The number of anilines is 1. The summed E-state index contributed by atoms with van der Waals surface area (Å²) < 4.78 is 11.0. The fourth-order valence-corrected chi connectivity index (χ4v) is 3.37. The highest BCUT2D eigenvalue weighted by atomic mass is 16.5. The number of rotatable bonds is 6. The minimum absolute atomic E-state index is 0.0570. The molecule has 1 unspecified atom stereocenters. The zero-order valence-electron chi connectivity index (χ0n) is 15.4. The topological polar surface area (TPSA) is 50.8 Å².